The lowest BCUT2D eigenvalue weighted by atomic mass is 9.76. The Bertz CT molecular complexity index is 2090. The number of sulfonamides is 1. The number of halogens is 1. The molecule has 10 nitrogen and oxygen atoms in total. The summed E-state index contributed by atoms with van der Waals surface area (Å²) in [7, 11) is -3.36. The SMILES string of the molecule is CCC(Oc1ccc(C(C)(C)CC)cc1C(C)(C)CC)C(=O)Nc1ccc(Cl)c(NC(=O)C(=Nc2ccc(C(CC)CNS(C)(=O)=O)cc2C)C(=O)C(C)(C)C)c1. The van der Waals surface area contributed by atoms with Gasteiger partial charge in [-0.2, -0.15) is 0 Å². The van der Waals surface area contributed by atoms with E-state index in [1.165, 1.54) is 11.6 Å². The third kappa shape index (κ3) is 12.7. The van der Waals surface area contributed by atoms with Crippen LogP contribution in [0.2, 0.25) is 5.02 Å². The topological polar surface area (TPSA) is 143 Å². The van der Waals surface area contributed by atoms with Crippen LogP contribution >= 0.6 is 11.6 Å². The van der Waals surface area contributed by atoms with Gasteiger partial charge in [-0.25, -0.2) is 18.1 Å². The maximum atomic E-state index is 13.9. The van der Waals surface area contributed by atoms with E-state index in [0.717, 1.165) is 30.2 Å². The van der Waals surface area contributed by atoms with E-state index in [1.54, 1.807) is 39.0 Å². The molecule has 0 aromatic heterocycles. The van der Waals surface area contributed by atoms with E-state index in [-0.39, 0.29) is 45.6 Å². The van der Waals surface area contributed by atoms with E-state index >= 15 is 0 Å². The first-order valence-corrected chi connectivity index (χ1v) is 22.1. The normalized spacial score (nSPS) is 13.8. The van der Waals surface area contributed by atoms with E-state index in [9.17, 15) is 22.8 Å². The summed E-state index contributed by atoms with van der Waals surface area (Å²) < 4.78 is 32.4. The van der Waals surface area contributed by atoms with Crippen molar-refractivity contribution in [3.05, 3.63) is 81.9 Å². The Morgan fingerprint density at radius 3 is 2.02 bits per heavy atom. The van der Waals surface area contributed by atoms with Crippen molar-refractivity contribution < 1.29 is 27.5 Å². The number of carbonyl (C=O) groups excluding carboxylic acids is 3. The average molecular weight is 824 g/mol. The predicted molar refractivity (Wildman–Crippen MR) is 235 cm³/mol. The molecule has 3 rings (SSSR count). The second kappa shape index (κ2) is 19.1. The molecule has 2 unspecified atom stereocenters. The number of hydrogen-bond donors (Lipinski definition) is 3. The Hall–Kier alpha value is -4.06. The first-order chi connectivity index (χ1) is 26.4. The number of rotatable bonds is 18. The summed E-state index contributed by atoms with van der Waals surface area (Å²) in [5.74, 6) is -1.02. The van der Waals surface area contributed by atoms with Gasteiger partial charge in [0.05, 0.1) is 22.7 Å². The van der Waals surface area contributed by atoms with Crippen molar-refractivity contribution in [2.24, 2.45) is 10.4 Å². The fourth-order valence-corrected chi connectivity index (χ4v) is 6.71. The molecule has 2 amide bonds. The summed E-state index contributed by atoms with van der Waals surface area (Å²) in [6.07, 6.45) is 3.27. The van der Waals surface area contributed by atoms with Crippen molar-refractivity contribution in [3.8, 4) is 5.75 Å². The number of Topliss-reactive ketones (excluding diaryl/α,β-unsaturated/α-hetero) is 1. The largest absolute Gasteiger partial charge is 0.480 e. The molecule has 3 aromatic rings. The lowest BCUT2D eigenvalue weighted by Crippen LogP contribution is -2.37. The number of nitrogens with one attached hydrogen (secondary N) is 3. The summed E-state index contributed by atoms with van der Waals surface area (Å²) in [4.78, 5) is 45.9. The molecule has 312 valence electrons. The first-order valence-electron chi connectivity index (χ1n) is 19.8. The van der Waals surface area contributed by atoms with Crippen molar-refractivity contribution >= 4 is 62.0 Å². The summed E-state index contributed by atoms with van der Waals surface area (Å²) in [5, 5.41) is 5.87. The maximum absolute atomic E-state index is 13.9. The van der Waals surface area contributed by atoms with Gasteiger partial charge in [-0.05, 0) is 96.4 Å². The number of ether oxygens (including phenoxy) is 1. The minimum Gasteiger partial charge on any atom is -0.480 e. The van der Waals surface area contributed by atoms with Crippen LogP contribution < -0.4 is 20.1 Å². The molecule has 2 atom stereocenters. The standard InChI is InChI=1S/C45H63ClN4O6S/c1-14-29(27-47-57(13,54)55)30-18-22-35(28(5)24-30)49-39(40(51)43(6,7)8)42(53)50-36-26-32(20-21-34(36)46)48-41(52)37(15-2)56-38-23-19-31(44(9,10)16-3)25-33(38)45(11,12)17-4/h18-26,29,37,47H,14-17,27H2,1-13H3,(H,48,52)(H,50,53). The van der Waals surface area contributed by atoms with Crippen molar-refractivity contribution in [1.29, 1.82) is 0 Å². The molecular weight excluding hydrogens is 760 g/mol. The van der Waals surface area contributed by atoms with Crippen LogP contribution in [0.1, 0.15) is 130 Å². The second-order valence-electron chi connectivity index (χ2n) is 17.1. The van der Waals surface area contributed by atoms with E-state index in [2.05, 4.69) is 74.0 Å². The van der Waals surface area contributed by atoms with Crippen LogP contribution in [0.5, 0.6) is 5.75 Å². The molecule has 0 saturated heterocycles. The molecule has 0 spiro atoms. The fraction of sp³-hybridized carbons (Fsp3) is 0.511. The van der Waals surface area contributed by atoms with Gasteiger partial charge in [0.1, 0.15) is 5.75 Å². The molecule has 0 saturated carbocycles. The number of benzene rings is 3. The van der Waals surface area contributed by atoms with Crippen LogP contribution in [0, 0.1) is 12.3 Å². The number of amides is 2. The Morgan fingerprint density at radius 2 is 1.47 bits per heavy atom. The van der Waals surface area contributed by atoms with Gasteiger partial charge in [0.2, 0.25) is 10.0 Å². The zero-order valence-electron chi connectivity index (χ0n) is 36.1. The molecule has 3 N–H and O–H groups in total. The van der Waals surface area contributed by atoms with Crippen LogP contribution in [0.3, 0.4) is 0 Å². The predicted octanol–water partition coefficient (Wildman–Crippen LogP) is 10.2. The van der Waals surface area contributed by atoms with Gasteiger partial charge in [-0.15, -0.1) is 0 Å². The van der Waals surface area contributed by atoms with Gasteiger partial charge in [0, 0.05) is 23.2 Å². The van der Waals surface area contributed by atoms with Crippen molar-refractivity contribution in [1.82, 2.24) is 4.72 Å². The summed E-state index contributed by atoms with van der Waals surface area (Å²) in [6, 6.07) is 16.4. The van der Waals surface area contributed by atoms with Crippen LogP contribution in [-0.4, -0.2) is 50.6 Å². The first kappa shape index (κ1) is 47.3. The van der Waals surface area contributed by atoms with Crippen molar-refractivity contribution in [2.75, 3.05) is 23.4 Å². The smallest absolute Gasteiger partial charge is 0.278 e. The number of aliphatic imine (C=N–C) groups is 1. The molecule has 0 aliphatic carbocycles. The zero-order valence-corrected chi connectivity index (χ0v) is 37.6. The summed E-state index contributed by atoms with van der Waals surface area (Å²) in [5.41, 5.74) is 3.38. The van der Waals surface area contributed by atoms with Crippen LogP contribution in [-0.2, 0) is 35.2 Å². The Kier molecular flexibility index (Phi) is 15.9. The second-order valence-corrected chi connectivity index (χ2v) is 19.4. The van der Waals surface area contributed by atoms with Gasteiger partial charge in [-0.3, -0.25) is 14.4 Å². The molecular formula is C45H63ClN4O6S. The van der Waals surface area contributed by atoms with Crippen LogP contribution in [0.4, 0.5) is 17.1 Å². The molecule has 0 heterocycles. The molecule has 57 heavy (non-hydrogen) atoms. The van der Waals surface area contributed by atoms with Crippen LogP contribution in [0.15, 0.2) is 59.6 Å². The molecule has 0 aliphatic heterocycles. The minimum atomic E-state index is -3.36. The Morgan fingerprint density at radius 1 is 0.825 bits per heavy atom. The molecule has 0 fully saturated rings. The quantitative estimate of drug-likeness (QED) is 0.0861. The van der Waals surface area contributed by atoms with E-state index in [4.69, 9.17) is 16.3 Å². The summed E-state index contributed by atoms with van der Waals surface area (Å²) in [6.45, 7) is 24.1. The molecule has 0 aliphatic rings. The molecule has 0 bridgehead atoms. The molecule has 3 aromatic carbocycles. The lowest BCUT2D eigenvalue weighted by Gasteiger charge is -2.31. The summed E-state index contributed by atoms with van der Waals surface area (Å²) >= 11 is 6.56. The van der Waals surface area contributed by atoms with Gasteiger partial charge < -0.3 is 15.4 Å². The number of hydrogen-bond acceptors (Lipinski definition) is 7. The highest BCUT2D eigenvalue weighted by atomic mass is 35.5. The van der Waals surface area contributed by atoms with E-state index in [1.807, 2.05) is 39.0 Å². The third-order valence-corrected chi connectivity index (χ3v) is 11.8. The number of aryl methyl sites for hydroxylation is 1. The van der Waals surface area contributed by atoms with E-state index < -0.39 is 33.2 Å². The zero-order chi connectivity index (χ0) is 43.1. The van der Waals surface area contributed by atoms with Gasteiger partial charge >= 0.3 is 0 Å². The average Bonchev–Trinajstić information content (AvgIpc) is 3.13. The number of ketones is 1. The minimum absolute atomic E-state index is 0.0158. The van der Waals surface area contributed by atoms with Crippen molar-refractivity contribution in [2.45, 2.75) is 132 Å². The third-order valence-electron chi connectivity index (χ3n) is 10.8. The number of nitrogens with zero attached hydrogens (tertiary/aromatic N) is 1. The fourth-order valence-electron chi connectivity index (χ4n) is 6.04. The van der Waals surface area contributed by atoms with E-state index in [0.29, 0.717) is 35.5 Å². The highest BCUT2D eigenvalue weighted by Gasteiger charge is 2.32. The molecule has 12 heteroatoms. The Balaban J connectivity index is 1.92. The number of carbonyl (C=O) groups is 3. The highest BCUT2D eigenvalue weighted by molar-refractivity contribution is 7.88. The van der Waals surface area contributed by atoms with Gasteiger partial charge in [0.25, 0.3) is 11.8 Å². The monoisotopic (exact) mass is 822 g/mol. The number of anilines is 2. The van der Waals surface area contributed by atoms with Gasteiger partial charge in [0.15, 0.2) is 17.6 Å². The van der Waals surface area contributed by atoms with Crippen molar-refractivity contribution in [3.63, 3.8) is 0 Å². The maximum Gasteiger partial charge on any atom is 0.278 e. The van der Waals surface area contributed by atoms with Crippen LogP contribution in [0.25, 0.3) is 0 Å². The Labute approximate surface area is 346 Å². The highest BCUT2D eigenvalue weighted by Crippen LogP contribution is 2.39. The lowest BCUT2D eigenvalue weighted by molar-refractivity contribution is -0.123. The molecule has 0 radical (unpaired) electrons. The van der Waals surface area contributed by atoms with Gasteiger partial charge in [-0.1, -0.05) is 112 Å².